The van der Waals surface area contributed by atoms with Gasteiger partial charge in [-0.05, 0) is 39.3 Å². The van der Waals surface area contributed by atoms with Gasteiger partial charge in [-0.1, -0.05) is 30.0 Å². The van der Waals surface area contributed by atoms with Crippen molar-refractivity contribution in [1.29, 1.82) is 0 Å². The van der Waals surface area contributed by atoms with Crippen molar-refractivity contribution in [1.82, 2.24) is 19.7 Å². The van der Waals surface area contributed by atoms with Crippen LogP contribution < -0.4 is 4.90 Å². The fraction of sp³-hybridized carbons (Fsp3) is 0.550. The van der Waals surface area contributed by atoms with Crippen LogP contribution in [-0.2, 0) is 9.53 Å². The number of hydrogen-bond donors (Lipinski definition) is 0. The van der Waals surface area contributed by atoms with Gasteiger partial charge in [-0.2, -0.15) is 0 Å². The van der Waals surface area contributed by atoms with Crippen LogP contribution in [0.2, 0.25) is 0 Å². The Morgan fingerprint density at radius 2 is 1.89 bits per heavy atom. The molecule has 0 aliphatic carbocycles. The van der Waals surface area contributed by atoms with Crippen molar-refractivity contribution in [3.8, 4) is 5.69 Å². The van der Waals surface area contributed by atoms with Crippen LogP contribution >= 0.6 is 11.8 Å². The third kappa shape index (κ3) is 4.33. The molecule has 3 rings (SSSR count). The van der Waals surface area contributed by atoms with Crippen molar-refractivity contribution in [2.24, 2.45) is 0 Å². The number of thioether (sulfide) groups is 1. The minimum absolute atomic E-state index is 0.127. The highest BCUT2D eigenvalue weighted by molar-refractivity contribution is 8.00. The first-order valence-electron chi connectivity index (χ1n) is 9.86. The third-order valence-electron chi connectivity index (χ3n) is 4.97. The Hall–Kier alpha value is -2.06. The maximum Gasteiger partial charge on any atom is 0.235 e. The molecule has 1 aliphatic heterocycles. The van der Waals surface area contributed by atoms with Crippen LogP contribution in [0.15, 0.2) is 29.4 Å². The maximum absolute atomic E-state index is 12.8. The SMILES string of the molecule is CCN(CC)C(=O)C(C)Sc1nnc(N2CCOCC2)n1-c1ccccc1C. The van der Waals surface area contributed by atoms with E-state index in [1.165, 1.54) is 11.8 Å². The molecule has 1 aromatic carbocycles. The number of ether oxygens (including phenoxy) is 1. The number of aromatic nitrogens is 3. The van der Waals surface area contributed by atoms with Gasteiger partial charge >= 0.3 is 0 Å². The van der Waals surface area contributed by atoms with Crippen LogP contribution in [0.4, 0.5) is 5.95 Å². The molecular weight excluding hydrogens is 374 g/mol. The molecule has 0 bridgehead atoms. The van der Waals surface area contributed by atoms with Gasteiger partial charge in [0.05, 0.1) is 24.2 Å². The molecule has 1 aromatic heterocycles. The number of morpholine rings is 1. The van der Waals surface area contributed by atoms with E-state index < -0.39 is 0 Å². The zero-order valence-electron chi connectivity index (χ0n) is 17.1. The number of para-hydroxylation sites is 1. The summed E-state index contributed by atoms with van der Waals surface area (Å²) in [5.74, 6) is 0.935. The molecule has 28 heavy (non-hydrogen) atoms. The van der Waals surface area contributed by atoms with Crippen LogP contribution in [0.5, 0.6) is 0 Å². The molecule has 0 radical (unpaired) electrons. The van der Waals surface area contributed by atoms with E-state index in [4.69, 9.17) is 4.74 Å². The maximum atomic E-state index is 12.8. The molecule has 0 N–H and O–H groups in total. The van der Waals surface area contributed by atoms with Crippen LogP contribution in [-0.4, -0.2) is 70.2 Å². The summed E-state index contributed by atoms with van der Waals surface area (Å²) in [7, 11) is 0. The Bertz CT molecular complexity index is 800. The van der Waals surface area contributed by atoms with E-state index in [1.807, 2.05) is 37.8 Å². The Balaban J connectivity index is 1.96. The third-order valence-corrected chi connectivity index (χ3v) is 6.00. The summed E-state index contributed by atoms with van der Waals surface area (Å²) in [6.45, 7) is 12.4. The second kappa shape index (κ2) is 9.43. The number of hydrogen-bond acceptors (Lipinski definition) is 6. The first-order valence-corrected chi connectivity index (χ1v) is 10.7. The van der Waals surface area contributed by atoms with E-state index >= 15 is 0 Å². The number of nitrogens with zero attached hydrogens (tertiary/aromatic N) is 5. The molecule has 0 spiro atoms. The number of carbonyl (C=O) groups excluding carboxylic acids is 1. The van der Waals surface area contributed by atoms with E-state index in [2.05, 4.69) is 38.7 Å². The standard InChI is InChI=1S/C20H29N5O2S/c1-5-23(6-2)18(26)16(4)28-20-22-21-19(24-11-13-27-14-12-24)25(20)17-10-8-7-9-15(17)3/h7-10,16H,5-6,11-14H2,1-4H3. The van der Waals surface area contributed by atoms with Gasteiger partial charge in [0.15, 0.2) is 5.16 Å². The lowest BCUT2D eigenvalue weighted by molar-refractivity contribution is -0.129. The van der Waals surface area contributed by atoms with Crippen LogP contribution in [0, 0.1) is 6.92 Å². The van der Waals surface area contributed by atoms with Crippen LogP contribution in [0.1, 0.15) is 26.3 Å². The second-order valence-corrected chi connectivity index (χ2v) is 8.08. The van der Waals surface area contributed by atoms with Gasteiger partial charge in [0.25, 0.3) is 0 Å². The van der Waals surface area contributed by atoms with Crippen molar-refractivity contribution in [2.45, 2.75) is 38.1 Å². The monoisotopic (exact) mass is 403 g/mol. The van der Waals surface area contributed by atoms with Gasteiger partial charge in [0, 0.05) is 26.2 Å². The minimum Gasteiger partial charge on any atom is -0.378 e. The summed E-state index contributed by atoms with van der Waals surface area (Å²) in [5, 5.41) is 9.46. The lowest BCUT2D eigenvalue weighted by atomic mass is 10.2. The lowest BCUT2D eigenvalue weighted by Gasteiger charge is -2.28. The topological polar surface area (TPSA) is 63.5 Å². The normalized spacial score (nSPS) is 15.5. The smallest absolute Gasteiger partial charge is 0.235 e. The van der Waals surface area contributed by atoms with Crippen molar-refractivity contribution in [3.05, 3.63) is 29.8 Å². The zero-order valence-corrected chi connectivity index (χ0v) is 17.9. The first kappa shape index (κ1) is 20.7. The summed E-state index contributed by atoms with van der Waals surface area (Å²) < 4.78 is 7.57. The highest BCUT2D eigenvalue weighted by Gasteiger charge is 2.26. The van der Waals surface area contributed by atoms with E-state index in [0.717, 1.165) is 35.4 Å². The Labute approximate surface area is 171 Å². The number of rotatable bonds is 7. The molecule has 1 saturated heterocycles. The van der Waals surface area contributed by atoms with E-state index in [0.29, 0.717) is 26.3 Å². The Morgan fingerprint density at radius 1 is 1.21 bits per heavy atom. The summed E-state index contributed by atoms with van der Waals surface area (Å²) in [6.07, 6.45) is 0. The van der Waals surface area contributed by atoms with Gasteiger partial charge in [0.2, 0.25) is 11.9 Å². The summed E-state index contributed by atoms with van der Waals surface area (Å²) >= 11 is 1.47. The predicted molar refractivity (Wildman–Crippen MR) is 112 cm³/mol. The molecule has 1 amide bonds. The highest BCUT2D eigenvalue weighted by Crippen LogP contribution is 2.31. The van der Waals surface area contributed by atoms with E-state index in [9.17, 15) is 4.79 Å². The predicted octanol–water partition coefficient (Wildman–Crippen LogP) is 2.76. The molecular formula is C20H29N5O2S. The second-order valence-electron chi connectivity index (χ2n) is 6.77. The van der Waals surface area contributed by atoms with E-state index in [1.54, 1.807) is 0 Å². The molecule has 2 aromatic rings. The largest absolute Gasteiger partial charge is 0.378 e. The van der Waals surface area contributed by atoms with Gasteiger partial charge in [-0.15, -0.1) is 10.2 Å². The zero-order chi connectivity index (χ0) is 20.1. The fourth-order valence-electron chi connectivity index (χ4n) is 3.33. The van der Waals surface area contributed by atoms with E-state index in [-0.39, 0.29) is 11.2 Å². The molecule has 1 aliphatic rings. The lowest BCUT2D eigenvalue weighted by Crippen LogP contribution is -2.38. The van der Waals surface area contributed by atoms with Crippen LogP contribution in [0.3, 0.4) is 0 Å². The molecule has 1 unspecified atom stereocenters. The van der Waals surface area contributed by atoms with Crippen molar-refractivity contribution >= 4 is 23.6 Å². The molecule has 7 nitrogen and oxygen atoms in total. The number of amides is 1. The number of benzene rings is 1. The van der Waals surface area contributed by atoms with Crippen molar-refractivity contribution < 1.29 is 9.53 Å². The average molecular weight is 404 g/mol. The van der Waals surface area contributed by atoms with Crippen LogP contribution in [0.25, 0.3) is 5.69 Å². The average Bonchev–Trinajstić information content (AvgIpc) is 3.13. The van der Waals surface area contributed by atoms with Gasteiger partial charge in [0.1, 0.15) is 0 Å². The Kier molecular flexibility index (Phi) is 6.96. The quantitative estimate of drug-likeness (QED) is 0.663. The minimum atomic E-state index is -0.232. The number of carbonyl (C=O) groups is 1. The molecule has 8 heteroatoms. The number of aryl methyl sites for hydroxylation is 1. The summed E-state index contributed by atoms with van der Waals surface area (Å²) in [4.78, 5) is 16.8. The fourth-order valence-corrected chi connectivity index (χ4v) is 4.27. The van der Waals surface area contributed by atoms with Crippen molar-refractivity contribution in [2.75, 3.05) is 44.3 Å². The molecule has 152 valence electrons. The number of anilines is 1. The molecule has 1 atom stereocenters. The van der Waals surface area contributed by atoms with Gasteiger partial charge in [-0.25, -0.2) is 0 Å². The molecule has 0 saturated carbocycles. The van der Waals surface area contributed by atoms with Crippen molar-refractivity contribution in [3.63, 3.8) is 0 Å². The summed E-state index contributed by atoms with van der Waals surface area (Å²) in [6, 6.07) is 8.20. The van der Waals surface area contributed by atoms with Gasteiger partial charge < -0.3 is 14.5 Å². The highest BCUT2D eigenvalue weighted by atomic mass is 32.2. The molecule has 2 heterocycles. The molecule has 1 fully saturated rings. The first-order chi connectivity index (χ1) is 13.6. The summed E-state index contributed by atoms with van der Waals surface area (Å²) in [5.41, 5.74) is 2.18. The Morgan fingerprint density at radius 3 is 2.54 bits per heavy atom. The van der Waals surface area contributed by atoms with Gasteiger partial charge in [-0.3, -0.25) is 9.36 Å².